The van der Waals surface area contributed by atoms with Crippen molar-refractivity contribution in [3.8, 4) is 0 Å². The summed E-state index contributed by atoms with van der Waals surface area (Å²) in [5.41, 5.74) is 6.99. The summed E-state index contributed by atoms with van der Waals surface area (Å²) >= 11 is 0. The lowest BCUT2D eigenvalue weighted by Crippen LogP contribution is -2.29. The Morgan fingerprint density at radius 2 is 1.84 bits per heavy atom. The zero-order valence-corrected chi connectivity index (χ0v) is 12.0. The minimum atomic E-state index is 0.629. The number of rotatable bonds is 6. The standard InChI is InChI=1S/C17H24N2/c1-3-19(13-14(2)11-12-18)17-10-6-8-15-7-4-5-9-16(15)17/h4-10,14H,3,11-13,18H2,1-2H3. The van der Waals surface area contributed by atoms with E-state index in [1.807, 2.05) is 0 Å². The van der Waals surface area contributed by atoms with E-state index < -0.39 is 0 Å². The summed E-state index contributed by atoms with van der Waals surface area (Å²) in [5.74, 6) is 0.629. The van der Waals surface area contributed by atoms with Gasteiger partial charge in [0.15, 0.2) is 0 Å². The van der Waals surface area contributed by atoms with Crippen molar-refractivity contribution in [3.63, 3.8) is 0 Å². The minimum Gasteiger partial charge on any atom is -0.371 e. The van der Waals surface area contributed by atoms with E-state index >= 15 is 0 Å². The highest BCUT2D eigenvalue weighted by atomic mass is 15.1. The first-order chi connectivity index (χ1) is 9.26. The maximum atomic E-state index is 5.66. The van der Waals surface area contributed by atoms with E-state index in [-0.39, 0.29) is 0 Å². The smallest absolute Gasteiger partial charge is 0.0445 e. The number of benzene rings is 2. The second-order valence-corrected chi connectivity index (χ2v) is 5.22. The fourth-order valence-corrected chi connectivity index (χ4v) is 2.63. The molecule has 2 N–H and O–H groups in total. The third-order valence-corrected chi connectivity index (χ3v) is 3.68. The van der Waals surface area contributed by atoms with Gasteiger partial charge in [0, 0.05) is 24.2 Å². The van der Waals surface area contributed by atoms with Gasteiger partial charge in [0.25, 0.3) is 0 Å². The van der Waals surface area contributed by atoms with Gasteiger partial charge in [-0.15, -0.1) is 0 Å². The molecule has 1 unspecified atom stereocenters. The van der Waals surface area contributed by atoms with Crippen LogP contribution in [0.5, 0.6) is 0 Å². The van der Waals surface area contributed by atoms with Gasteiger partial charge in [-0.25, -0.2) is 0 Å². The maximum Gasteiger partial charge on any atom is 0.0445 e. The highest BCUT2D eigenvalue weighted by Crippen LogP contribution is 2.27. The van der Waals surface area contributed by atoms with Crippen LogP contribution in [0.1, 0.15) is 20.3 Å². The van der Waals surface area contributed by atoms with Crippen LogP contribution in [0.15, 0.2) is 42.5 Å². The van der Waals surface area contributed by atoms with Crippen LogP contribution in [0.4, 0.5) is 5.69 Å². The van der Waals surface area contributed by atoms with Crippen molar-refractivity contribution in [2.75, 3.05) is 24.5 Å². The fraction of sp³-hybridized carbons (Fsp3) is 0.412. The lowest BCUT2D eigenvalue weighted by Gasteiger charge is -2.27. The highest BCUT2D eigenvalue weighted by Gasteiger charge is 2.11. The molecular weight excluding hydrogens is 232 g/mol. The summed E-state index contributed by atoms with van der Waals surface area (Å²) < 4.78 is 0. The molecule has 2 rings (SSSR count). The van der Waals surface area contributed by atoms with Gasteiger partial charge in [0.05, 0.1) is 0 Å². The molecule has 2 heteroatoms. The molecule has 0 aromatic heterocycles. The van der Waals surface area contributed by atoms with Gasteiger partial charge in [-0.3, -0.25) is 0 Å². The molecule has 102 valence electrons. The Kier molecular flexibility index (Phi) is 4.80. The molecule has 0 bridgehead atoms. The van der Waals surface area contributed by atoms with E-state index in [9.17, 15) is 0 Å². The van der Waals surface area contributed by atoms with Crippen LogP contribution in [0, 0.1) is 5.92 Å². The molecule has 0 aliphatic heterocycles. The average Bonchev–Trinajstić information content (AvgIpc) is 2.44. The lowest BCUT2D eigenvalue weighted by molar-refractivity contribution is 0.530. The molecule has 0 amide bonds. The Morgan fingerprint density at radius 1 is 1.11 bits per heavy atom. The van der Waals surface area contributed by atoms with Gasteiger partial charge in [-0.1, -0.05) is 43.3 Å². The quantitative estimate of drug-likeness (QED) is 0.854. The predicted molar refractivity (Wildman–Crippen MR) is 84.7 cm³/mol. The Balaban J connectivity index is 2.30. The van der Waals surface area contributed by atoms with Gasteiger partial charge in [-0.05, 0) is 37.3 Å². The summed E-state index contributed by atoms with van der Waals surface area (Å²) in [6.07, 6.45) is 1.08. The molecule has 1 atom stereocenters. The SMILES string of the molecule is CCN(CC(C)CCN)c1cccc2ccccc12. The fourth-order valence-electron chi connectivity index (χ4n) is 2.63. The molecule has 2 aromatic rings. The molecule has 0 spiro atoms. The third kappa shape index (κ3) is 3.27. The molecule has 2 nitrogen and oxygen atoms in total. The van der Waals surface area contributed by atoms with E-state index in [1.54, 1.807) is 0 Å². The van der Waals surface area contributed by atoms with Crippen LogP contribution in [0.3, 0.4) is 0 Å². The Bertz CT molecular complexity index is 516. The molecule has 0 aliphatic rings. The lowest BCUT2D eigenvalue weighted by atomic mass is 10.0. The first-order valence-electron chi connectivity index (χ1n) is 7.19. The normalized spacial score (nSPS) is 12.6. The van der Waals surface area contributed by atoms with Gasteiger partial charge in [0.1, 0.15) is 0 Å². The van der Waals surface area contributed by atoms with Crippen LogP contribution < -0.4 is 10.6 Å². The van der Waals surface area contributed by atoms with Crippen molar-refractivity contribution < 1.29 is 0 Å². The van der Waals surface area contributed by atoms with E-state index in [4.69, 9.17) is 5.73 Å². The molecule has 0 saturated heterocycles. The van der Waals surface area contributed by atoms with Crippen LogP contribution in [0.25, 0.3) is 10.8 Å². The Hall–Kier alpha value is -1.54. The Morgan fingerprint density at radius 3 is 2.58 bits per heavy atom. The first-order valence-corrected chi connectivity index (χ1v) is 7.19. The van der Waals surface area contributed by atoms with E-state index in [0.29, 0.717) is 5.92 Å². The third-order valence-electron chi connectivity index (χ3n) is 3.68. The predicted octanol–water partition coefficient (Wildman–Crippen LogP) is 3.65. The second kappa shape index (κ2) is 6.58. The summed E-state index contributed by atoms with van der Waals surface area (Å²) in [5, 5.41) is 2.65. The largest absolute Gasteiger partial charge is 0.371 e. The van der Waals surface area contributed by atoms with E-state index in [1.165, 1.54) is 16.5 Å². The summed E-state index contributed by atoms with van der Waals surface area (Å²) in [6, 6.07) is 15.1. The number of nitrogens with two attached hydrogens (primary N) is 1. The van der Waals surface area contributed by atoms with Gasteiger partial charge in [0.2, 0.25) is 0 Å². The molecule has 2 aromatic carbocycles. The summed E-state index contributed by atoms with van der Waals surface area (Å²) in [7, 11) is 0. The van der Waals surface area contributed by atoms with Crippen molar-refractivity contribution in [2.24, 2.45) is 11.7 Å². The van der Waals surface area contributed by atoms with Crippen LogP contribution in [-0.4, -0.2) is 19.6 Å². The van der Waals surface area contributed by atoms with Crippen molar-refractivity contribution in [2.45, 2.75) is 20.3 Å². The molecular formula is C17H24N2. The first kappa shape index (κ1) is 13.9. The number of anilines is 1. The molecule has 0 heterocycles. The van der Waals surface area contributed by atoms with Gasteiger partial charge < -0.3 is 10.6 Å². The average molecular weight is 256 g/mol. The Labute approximate surface area is 116 Å². The van der Waals surface area contributed by atoms with Gasteiger partial charge in [-0.2, -0.15) is 0 Å². The monoisotopic (exact) mass is 256 g/mol. The molecule has 0 saturated carbocycles. The number of nitrogens with zero attached hydrogens (tertiary/aromatic N) is 1. The van der Waals surface area contributed by atoms with Crippen molar-refractivity contribution in [1.82, 2.24) is 0 Å². The number of hydrogen-bond acceptors (Lipinski definition) is 2. The summed E-state index contributed by atoms with van der Waals surface area (Å²) in [4.78, 5) is 2.46. The maximum absolute atomic E-state index is 5.66. The van der Waals surface area contributed by atoms with Crippen LogP contribution in [0.2, 0.25) is 0 Å². The van der Waals surface area contributed by atoms with Crippen molar-refractivity contribution in [1.29, 1.82) is 0 Å². The van der Waals surface area contributed by atoms with Crippen molar-refractivity contribution in [3.05, 3.63) is 42.5 Å². The van der Waals surface area contributed by atoms with E-state index in [0.717, 1.165) is 26.1 Å². The highest BCUT2D eigenvalue weighted by molar-refractivity contribution is 5.94. The molecule has 0 aliphatic carbocycles. The zero-order chi connectivity index (χ0) is 13.7. The molecule has 0 radical (unpaired) electrons. The number of hydrogen-bond donors (Lipinski definition) is 1. The summed E-state index contributed by atoms with van der Waals surface area (Å²) in [6.45, 7) is 7.37. The van der Waals surface area contributed by atoms with Gasteiger partial charge >= 0.3 is 0 Å². The van der Waals surface area contributed by atoms with Crippen LogP contribution in [-0.2, 0) is 0 Å². The van der Waals surface area contributed by atoms with Crippen molar-refractivity contribution >= 4 is 16.5 Å². The zero-order valence-electron chi connectivity index (χ0n) is 12.0. The molecule has 19 heavy (non-hydrogen) atoms. The minimum absolute atomic E-state index is 0.629. The van der Waals surface area contributed by atoms with E-state index in [2.05, 4.69) is 61.2 Å². The van der Waals surface area contributed by atoms with Crippen LogP contribution >= 0.6 is 0 Å². The number of fused-ring (bicyclic) bond motifs is 1. The second-order valence-electron chi connectivity index (χ2n) is 5.22. The molecule has 0 fully saturated rings. The topological polar surface area (TPSA) is 29.3 Å².